The molecule has 2 aromatic rings. The Hall–Kier alpha value is -3.68. The lowest BCUT2D eigenvalue weighted by molar-refractivity contribution is -0.151. The maximum atomic E-state index is 13.8. The number of methoxy groups -OCH3 is 1. The first-order valence-corrected chi connectivity index (χ1v) is 11.7. The second kappa shape index (κ2) is 9.52. The van der Waals surface area contributed by atoms with E-state index in [0.29, 0.717) is 35.2 Å². The first kappa shape index (κ1) is 24.4. The molecule has 184 valence electrons. The van der Waals surface area contributed by atoms with Crippen molar-refractivity contribution in [3.8, 4) is 0 Å². The highest BCUT2D eigenvalue weighted by atomic mass is 16.5. The molecule has 1 aromatic carbocycles. The van der Waals surface area contributed by atoms with E-state index < -0.39 is 29.6 Å². The fourth-order valence-electron chi connectivity index (χ4n) is 4.88. The van der Waals surface area contributed by atoms with E-state index >= 15 is 0 Å². The number of dihydropyridines is 1. The Bertz CT molecular complexity index is 1330. The first-order chi connectivity index (χ1) is 16.7. The minimum atomic E-state index is -1.05. The van der Waals surface area contributed by atoms with Crippen molar-refractivity contribution < 1.29 is 28.3 Å². The number of carbonyl (C=O) groups excluding carboxylic acids is 3. The number of hydrogen-bond donors (Lipinski definition) is 1. The summed E-state index contributed by atoms with van der Waals surface area (Å²) in [6.45, 7) is 7.18. The summed E-state index contributed by atoms with van der Waals surface area (Å²) < 4.78 is 16.3. The van der Waals surface area contributed by atoms with E-state index in [1.807, 2.05) is 6.92 Å². The number of Topliss-reactive ketones (excluding diaryl/α,β-unsaturated/α-hetero) is 1. The third-order valence-electron chi connectivity index (χ3n) is 6.86. The monoisotopic (exact) mass is 479 g/mol. The lowest BCUT2D eigenvalue weighted by Crippen LogP contribution is -2.44. The zero-order valence-electron chi connectivity index (χ0n) is 20.5. The van der Waals surface area contributed by atoms with Gasteiger partial charge in [-0.3, -0.25) is 14.4 Å². The quantitative estimate of drug-likeness (QED) is 0.510. The molecule has 8 nitrogen and oxygen atoms in total. The second-order valence-electron chi connectivity index (χ2n) is 9.18. The molecule has 0 saturated carbocycles. The highest BCUT2D eigenvalue weighted by molar-refractivity contribution is 6.12. The molecule has 4 atom stereocenters. The van der Waals surface area contributed by atoms with Gasteiger partial charge in [-0.1, -0.05) is 26.0 Å². The number of benzene rings is 1. The molecular formula is C27H29NO7. The van der Waals surface area contributed by atoms with E-state index in [-0.39, 0.29) is 34.2 Å². The summed E-state index contributed by atoms with van der Waals surface area (Å²) in [5.74, 6) is -4.16. The van der Waals surface area contributed by atoms with Crippen LogP contribution in [0.5, 0.6) is 0 Å². The molecule has 0 spiro atoms. The van der Waals surface area contributed by atoms with Crippen molar-refractivity contribution in [1.29, 1.82) is 0 Å². The summed E-state index contributed by atoms with van der Waals surface area (Å²) in [6, 6.07) is 6.78. The Morgan fingerprint density at radius 1 is 1.23 bits per heavy atom. The van der Waals surface area contributed by atoms with Gasteiger partial charge in [0.2, 0.25) is 0 Å². The van der Waals surface area contributed by atoms with Gasteiger partial charge in [-0.25, -0.2) is 4.79 Å². The van der Waals surface area contributed by atoms with Gasteiger partial charge in [-0.2, -0.15) is 0 Å². The highest BCUT2D eigenvalue weighted by Gasteiger charge is 2.48. The van der Waals surface area contributed by atoms with Crippen LogP contribution in [0.3, 0.4) is 0 Å². The lowest BCUT2D eigenvalue weighted by Gasteiger charge is -2.38. The van der Waals surface area contributed by atoms with Crippen molar-refractivity contribution in [2.75, 3.05) is 7.11 Å². The summed E-state index contributed by atoms with van der Waals surface area (Å²) in [4.78, 5) is 53.3. The number of para-hydroxylation sites is 1. The predicted molar refractivity (Wildman–Crippen MR) is 128 cm³/mol. The van der Waals surface area contributed by atoms with Gasteiger partial charge in [0.15, 0.2) is 11.2 Å². The SMILES string of the molecule is CC[C@@H](C)OC(=O)C1=C(C)NC2=C(C(=O)[C@H](C(=O)OC)[C@@H](C)C2)[C@@H]1c1coc2ccccc2c1=O. The van der Waals surface area contributed by atoms with Crippen molar-refractivity contribution in [2.24, 2.45) is 11.8 Å². The van der Waals surface area contributed by atoms with E-state index in [2.05, 4.69) is 5.32 Å². The molecule has 2 heterocycles. The van der Waals surface area contributed by atoms with Gasteiger partial charge in [0.25, 0.3) is 0 Å². The van der Waals surface area contributed by atoms with Crippen LogP contribution >= 0.6 is 0 Å². The van der Waals surface area contributed by atoms with Gasteiger partial charge in [0.1, 0.15) is 11.5 Å². The van der Waals surface area contributed by atoms with Crippen molar-refractivity contribution in [3.05, 3.63) is 68.9 Å². The number of nitrogens with one attached hydrogen (secondary N) is 1. The van der Waals surface area contributed by atoms with Crippen molar-refractivity contribution in [2.45, 2.75) is 52.6 Å². The van der Waals surface area contributed by atoms with Crippen LogP contribution in [0.15, 0.2) is 62.3 Å². The van der Waals surface area contributed by atoms with Gasteiger partial charge in [-0.05, 0) is 44.7 Å². The van der Waals surface area contributed by atoms with Gasteiger partial charge in [0.05, 0.1) is 36.4 Å². The molecular weight excluding hydrogens is 450 g/mol. The van der Waals surface area contributed by atoms with E-state index in [9.17, 15) is 19.2 Å². The molecule has 0 radical (unpaired) electrons. The van der Waals surface area contributed by atoms with Gasteiger partial charge >= 0.3 is 11.9 Å². The number of rotatable bonds is 5. The number of esters is 2. The molecule has 0 bridgehead atoms. The standard InChI is InChI=1S/C27H29NO7/c1-6-14(3)35-27(32)21-15(4)28-18-11-13(2)20(26(31)33-5)25(30)23(18)22(21)17-12-34-19-10-8-7-9-16(19)24(17)29/h7-10,12-14,20,22,28H,6,11H2,1-5H3/t13-,14+,20+,22+/m0/s1. The largest absolute Gasteiger partial charge is 0.468 e. The third kappa shape index (κ3) is 4.17. The zero-order chi connectivity index (χ0) is 25.4. The fourth-order valence-corrected chi connectivity index (χ4v) is 4.88. The van der Waals surface area contributed by atoms with Crippen LogP contribution in [-0.2, 0) is 23.9 Å². The summed E-state index contributed by atoms with van der Waals surface area (Å²) in [7, 11) is 1.24. The Balaban J connectivity index is 1.95. The van der Waals surface area contributed by atoms with E-state index in [1.54, 1.807) is 45.0 Å². The van der Waals surface area contributed by atoms with E-state index in [4.69, 9.17) is 13.9 Å². The summed E-state index contributed by atoms with van der Waals surface area (Å²) in [5, 5.41) is 3.52. The van der Waals surface area contributed by atoms with Crippen molar-refractivity contribution >= 4 is 28.7 Å². The van der Waals surface area contributed by atoms with Gasteiger partial charge in [0, 0.05) is 22.5 Å². The van der Waals surface area contributed by atoms with Gasteiger partial charge < -0.3 is 19.2 Å². The predicted octanol–water partition coefficient (Wildman–Crippen LogP) is 3.75. The Morgan fingerprint density at radius 3 is 2.63 bits per heavy atom. The highest BCUT2D eigenvalue weighted by Crippen LogP contribution is 2.45. The fraction of sp³-hybridized carbons (Fsp3) is 0.407. The molecule has 0 amide bonds. The molecule has 0 saturated heterocycles. The zero-order valence-corrected chi connectivity index (χ0v) is 20.5. The topological polar surface area (TPSA) is 112 Å². The maximum absolute atomic E-state index is 13.8. The number of fused-ring (bicyclic) bond motifs is 1. The molecule has 1 aliphatic carbocycles. The summed E-state index contributed by atoms with van der Waals surface area (Å²) in [5.41, 5.74) is 1.60. The van der Waals surface area contributed by atoms with Crippen LogP contribution in [0, 0.1) is 11.8 Å². The second-order valence-corrected chi connectivity index (χ2v) is 9.18. The van der Waals surface area contributed by atoms with Crippen LogP contribution in [0.2, 0.25) is 0 Å². The maximum Gasteiger partial charge on any atom is 0.337 e. The first-order valence-electron chi connectivity index (χ1n) is 11.7. The van der Waals surface area contributed by atoms with Crippen LogP contribution in [0.25, 0.3) is 11.0 Å². The van der Waals surface area contributed by atoms with Crippen LogP contribution in [0.1, 0.15) is 52.0 Å². The molecule has 35 heavy (non-hydrogen) atoms. The number of hydrogen-bond acceptors (Lipinski definition) is 8. The Kier molecular flexibility index (Phi) is 6.65. The molecule has 0 fully saturated rings. The molecule has 1 aromatic heterocycles. The molecule has 8 heteroatoms. The van der Waals surface area contributed by atoms with Crippen LogP contribution in [0.4, 0.5) is 0 Å². The van der Waals surface area contributed by atoms with E-state index in [0.717, 1.165) is 0 Å². The smallest absolute Gasteiger partial charge is 0.337 e. The molecule has 4 rings (SSSR count). The number of carbonyl (C=O) groups is 3. The molecule has 0 unspecified atom stereocenters. The van der Waals surface area contributed by atoms with Gasteiger partial charge in [-0.15, -0.1) is 0 Å². The van der Waals surface area contributed by atoms with Crippen molar-refractivity contribution in [3.63, 3.8) is 0 Å². The summed E-state index contributed by atoms with van der Waals surface area (Å²) in [6.07, 6.45) is 1.91. The normalized spacial score (nSPS) is 23.0. The van der Waals surface area contributed by atoms with Crippen molar-refractivity contribution in [1.82, 2.24) is 5.32 Å². The molecule has 1 aliphatic heterocycles. The number of allylic oxidation sites excluding steroid dienone is 3. The molecule has 1 N–H and O–H groups in total. The number of ketones is 1. The van der Waals surface area contributed by atoms with E-state index in [1.165, 1.54) is 13.4 Å². The van der Waals surface area contributed by atoms with Crippen LogP contribution in [-0.4, -0.2) is 30.9 Å². The minimum absolute atomic E-state index is 0.139. The average molecular weight is 480 g/mol. The Labute approximate surface area is 203 Å². The molecule has 2 aliphatic rings. The van der Waals surface area contributed by atoms with Crippen LogP contribution < -0.4 is 10.7 Å². The average Bonchev–Trinajstić information content (AvgIpc) is 2.83. The minimum Gasteiger partial charge on any atom is -0.468 e. The third-order valence-corrected chi connectivity index (χ3v) is 6.86. The Morgan fingerprint density at radius 2 is 1.94 bits per heavy atom. The summed E-state index contributed by atoms with van der Waals surface area (Å²) >= 11 is 0. The lowest BCUT2D eigenvalue weighted by atomic mass is 9.69. The number of ether oxygens (including phenoxy) is 2.